The van der Waals surface area contributed by atoms with Gasteiger partial charge in [0.1, 0.15) is 0 Å². The van der Waals surface area contributed by atoms with Crippen molar-refractivity contribution in [1.29, 1.82) is 0 Å². The summed E-state index contributed by atoms with van der Waals surface area (Å²) in [6.07, 6.45) is 8.12. The van der Waals surface area contributed by atoms with Crippen LogP contribution in [0.25, 0.3) is 0 Å². The number of ether oxygens (including phenoxy) is 2. The standard InChI is InChI=1S/C13H24N2O3/c1-2-3-4-5-6-13(16)15-8-10-18-12-11-17-9-7-14/h1H,3-12,14H2,(H,15,16). The fourth-order valence-electron chi connectivity index (χ4n) is 1.27. The summed E-state index contributed by atoms with van der Waals surface area (Å²) in [6.45, 7) is 3.18. The van der Waals surface area contributed by atoms with E-state index in [0.717, 1.165) is 19.3 Å². The van der Waals surface area contributed by atoms with Gasteiger partial charge in [0.05, 0.1) is 26.4 Å². The maximum atomic E-state index is 11.3. The minimum atomic E-state index is 0.0509. The first-order valence-electron chi connectivity index (χ1n) is 6.37. The molecule has 0 bridgehead atoms. The number of nitrogens with one attached hydrogen (secondary N) is 1. The van der Waals surface area contributed by atoms with Crippen molar-refractivity contribution < 1.29 is 14.3 Å². The first-order chi connectivity index (χ1) is 8.81. The number of carbonyl (C=O) groups excluding carboxylic acids is 1. The number of hydrogen-bond donors (Lipinski definition) is 2. The fourth-order valence-corrected chi connectivity index (χ4v) is 1.27. The summed E-state index contributed by atoms with van der Waals surface area (Å²) in [5.74, 6) is 2.60. The predicted octanol–water partition coefficient (Wildman–Crippen LogP) is 0.288. The van der Waals surface area contributed by atoms with E-state index in [1.165, 1.54) is 0 Å². The summed E-state index contributed by atoms with van der Waals surface area (Å²) < 4.78 is 10.4. The van der Waals surface area contributed by atoms with Gasteiger partial charge in [-0.05, 0) is 12.8 Å². The molecular weight excluding hydrogens is 232 g/mol. The van der Waals surface area contributed by atoms with Crippen molar-refractivity contribution in [3.05, 3.63) is 0 Å². The van der Waals surface area contributed by atoms with Crippen molar-refractivity contribution in [2.45, 2.75) is 25.7 Å². The molecule has 0 saturated heterocycles. The zero-order valence-electron chi connectivity index (χ0n) is 11.0. The molecule has 0 aromatic carbocycles. The van der Waals surface area contributed by atoms with Crippen LogP contribution in [0.2, 0.25) is 0 Å². The zero-order valence-corrected chi connectivity index (χ0v) is 11.0. The Bertz CT molecular complexity index is 239. The molecule has 18 heavy (non-hydrogen) atoms. The van der Waals surface area contributed by atoms with Gasteiger partial charge in [0, 0.05) is 25.9 Å². The smallest absolute Gasteiger partial charge is 0.220 e. The molecule has 0 aliphatic heterocycles. The van der Waals surface area contributed by atoms with Crippen LogP contribution in [0.15, 0.2) is 0 Å². The third kappa shape index (κ3) is 13.0. The second kappa shape index (κ2) is 14.0. The Kier molecular flexibility index (Phi) is 13.1. The summed E-state index contributed by atoms with van der Waals surface area (Å²) in [6, 6.07) is 0. The highest BCUT2D eigenvalue weighted by molar-refractivity contribution is 5.75. The molecule has 1 amide bonds. The Morgan fingerprint density at radius 1 is 1.17 bits per heavy atom. The van der Waals surface area contributed by atoms with Crippen LogP contribution in [-0.4, -0.2) is 45.4 Å². The maximum Gasteiger partial charge on any atom is 0.220 e. The lowest BCUT2D eigenvalue weighted by Crippen LogP contribution is -2.27. The SMILES string of the molecule is C#CCCCCC(=O)NCCOCCOCCN. The number of carbonyl (C=O) groups is 1. The Morgan fingerprint density at radius 2 is 1.89 bits per heavy atom. The lowest BCUT2D eigenvalue weighted by atomic mass is 10.2. The van der Waals surface area contributed by atoms with Gasteiger partial charge < -0.3 is 20.5 Å². The number of amides is 1. The molecule has 5 heteroatoms. The molecule has 0 spiro atoms. The topological polar surface area (TPSA) is 73.6 Å². The maximum absolute atomic E-state index is 11.3. The van der Waals surface area contributed by atoms with Gasteiger partial charge >= 0.3 is 0 Å². The lowest BCUT2D eigenvalue weighted by Gasteiger charge is -2.06. The van der Waals surface area contributed by atoms with Crippen molar-refractivity contribution in [1.82, 2.24) is 5.32 Å². The van der Waals surface area contributed by atoms with Crippen LogP contribution < -0.4 is 11.1 Å². The van der Waals surface area contributed by atoms with Gasteiger partial charge in [-0.25, -0.2) is 0 Å². The lowest BCUT2D eigenvalue weighted by molar-refractivity contribution is -0.121. The van der Waals surface area contributed by atoms with Gasteiger partial charge in [-0.15, -0.1) is 12.3 Å². The van der Waals surface area contributed by atoms with E-state index in [9.17, 15) is 4.79 Å². The third-order valence-electron chi connectivity index (χ3n) is 2.18. The second-order valence-electron chi connectivity index (χ2n) is 3.77. The molecule has 0 aromatic rings. The van der Waals surface area contributed by atoms with E-state index in [4.69, 9.17) is 21.6 Å². The largest absolute Gasteiger partial charge is 0.378 e. The van der Waals surface area contributed by atoms with Gasteiger partial charge in [0.15, 0.2) is 0 Å². The molecule has 3 N–H and O–H groups in total. The normalized spacial score (nSPS) is 10.0. The molecule has 0 aliphatic carbocycles. The molecule has 0 rings (SSSR count). The zero-order chi connectivity index (χ0) is 13.5. The Hall–Kier alpha value is -1.09. The highest BCUT2D eigenvalue weighted by atomic mass is 16.5. The Morgan fingerprint density at radius 3 is 2.56 bits per heavy atom. The van der Waals surface area contributed by atoms with Crippen molar-refractivity contribution in [3.8, 4) is 12.3 Å². The Labute approximate surface area is 109 Å². The average Bonchev–Trinajstić information content (AvgIpc) is 2.38. The minimum Gasteiger partial charge on any atom is -0.378 e. The van der Waals surface area contributed by atoms with E-state index >= 15 is 0 Å². The van der Waals surface area contributed by atoms with Crippen LogP contribution in [-0.2, 0) is 14.3 Å². The number of terminal acetylenes is 1. The van der Waals surface area contributed by atoms with E-state index in [1.807, 2.05) is 0 Å². The van der Waals surface area contributed by atoms with E-state index < -0.39 is 0 Å². The first-order valence-corrected chi connectivity index (χ1v) is 6.37. The minimum absolute atomic E-state index is 0.0509. The van der Waals surface area contributed by atoms with Gasteiger partial charge in [0.2, 0.25) is 5.91 Å². The molecule has 0 heterocycles. The first kappa shape index (κ1) is 16.9. The molecule has 0 atom stereocenters. The molecule has 104 valence electrons. The van der Waals surface area contributed by atoms with Gasteiger partial charge in [-0.1, -0.05) is 0 Å². The summed E-state index contributed by atoms with van der Waals surface area (Å²) in [5, 5.41) is 2.79. The molecular formula is C13H24N2O3. The van der Waals surface area contributed by atoms with E-state index in [0.29, 0.717) is 45.9 Å². The number of nitrogens with two attached hydrogens (primary N) is 1. The van der Waals surface area contributed by atoms with Crippen molar-refractivity contribution in [2.24, 2.45) is 5.73 Å². The van der Waals surface area contributed by atoms with Gasteiger partial charge in [0.25, 0.3) is 0 Å². The molecule has 0 aliphatic rings. The van der Waals surface area contributed by atoms with Gasteiger partial charge in [-0.3, -0.25) is 4.79 Å². The monoisotopic (exact) mass is 256 g/mol. The molecule has 0 aromatic heterocycles. The molecule has 0 fully saturated rings. The highest BCUT2D eigenvalue weighted by Gasteiger charge is 1.99. The van der Waals surface area contributed by atoms with Crippen molar-refractivity contribution >= 4 is 5.91 Å². The van der Waals surface area contributed by atoms with Crippen molar-refractivity contribution in [3.63, 3.8) is 0 Å². The quantitative estimate of drug-likeness (QED) is 0.389. The van der Waals surface area contributed by atoms with Crippen LogP contribution in [0, 0.1) is 12.3 Å². The number of hydrogen-bond acceptors (Lipinski definition) is 4. The van der Waals surface area contributed by atoms with Crippen LogP contribution >= 0.6 is 0 Å². The van der Waals surface area contributed by atoms with Crippen LogP contribution in [0.5, 0.6) is 0 Å². The Balaban J connectivity index is 3.13. The van der Waals surface area contributed by atoms with E-state index in [-0.39, 0.29) is 5.91 Å². The van der Waals surface area contributed by atoms with Crippen LogP contribution in [0.3, 0.4) is 0 Å². The molecule has 0 saturated carbocycles. The molecule has 0 unspecified atom stereocenters. The van der Waals surface area contributed by atoms with Crippen LogP contribution in [0.4, 0.5) is 0 Å². The van der Waals surface area contributed by atoms with Crippen molar-refractivity contribution in [2.75, 3.05) is 39.5 Å². The second-order valence-corrected chi connectivity index (χ2v) is 3.77. The third-order valence-corrected chi connectivity index (χ3v) is 2.18. The number of unbranched alkanes of at least 4 members (excludes halogenated alkanes) is 2. The highest BCUT2D eigenvalue weighted by Crippen LogP contribution is 1.97. The summed E-state index contributed by atoms with van der Waals surface area (Å²) >= 11 is 0. The van der Waals surface area contributed by atoms with Crippen LogP contribution in [0.1, 0.15) is 25.7 Å². The molecule has 5 nitrogen and oxygen atoms in total. The van der Waals surface area contributed by atoms with Gasteiger partial charge in [-0.2, -0.15) is 0 Å². The number of rotatable bonds is 12. The van der Waals surface area contributed by atoms with E-state index in [1.54, 1.807) is 0 Å². The summed E-state index contributed by atoms with van der Waals surface area (Å²) in [7, 11) is 0. The fraction of sp³-hybridized carbons (Fsp3) is 0.769. The average molecular weight is 256 g/mol. The predicted molar refractivity (Wildman–Crippen MR) is 71.0 cm³/mol. The summed E-state index contributed by atoms with van der Waals surface area (Å²) in [4.78, 5) is 11.3. The summed E-state index contributed by atoms with van der Waals surface area (Å²) in [5.41, 5.74) is 5.26. The molecule has 0 radical (unpaired) electrons. The van der Waals surface area contributed by atoms with E-state index in [2.05, 4.69) is 11.2 Å².